The van der Waals surface area contributed by atoms with Gasteiger partial charge in [-0.2, -0.15) is 0 Å². The zero-order valence-electron chi connectivity index (χ0n) is 11.5. The van der Waals surface area contributed by atoms with Gasteiger partial charge in [-0.1, -0.05) is 27.2 Å². The molecule has 0 aromatic heterocycles. The topological polar surface area (TPSA) is 41.8 Å². The van der Waals surface area contributed by atoms with E-state index in [0.29, 0.717) is 17.9 Å². The molecule has 0 saturated heterocycles. The molecule has 0 heterocycles. The maximum Gasteiger partial charge on any atom is 0.169 e. The Morgan fingerprint density at radius 1 is 1.41 bits per heavy atom. The molecule has 3 heteroatoms. The second-order valence-corrected chi connectivity index (χ2v) is 5.90. The van der Waals surface area contributed by atoms with Crippen molar-refractivity contribution in [1.82, 2.24) is 0 Å². The van der Waals surface area contributed by atoms with Crippen LogP contribution in [0.3, 0.4) is 0 Å². The molecule has 0 aliphatic heterocycles. The molecule has 1 rings (SSSR count). The van der Waals surface area contributed by atoms with Crippen LogP contribution in [-0.4, -0.2) is 30.8 Å². The molecule has 2 unspecified atom stereocenters. The molecular weight excluding hydrogens is 214 g/mol. The van der Waals surface area contributed by atoms with E-state index in [1.807, 2.05) is 0 Å². The van der Waals surface area contributed by atoms with Gasteiger partial charge < -0.3 is 9.84 Å². The first kappa shape index (κ1) is 14.5. The summed E-state index contributed by atoms with van der Waals surface area (Å²) in [5.41, 5.74) is 0.382. The maximum absolute atomic E-state index is 9.02. The third-order valence-corrected chi connectivity index (χ3v) is 3.95. The van der Waals surface area contributed by atoms with Crippen LogP contribution in [0.1, 0.15) is 52.9 Å². The Labute approximate surface area is 105 Å². The van der Waals surface area contributed by atoms with Gasteiger partial charge >= 0.3 is 0 Å². The smallest absolute Gasteiger partial charge is 0.169 e. The number of aliphatic imine (C=N–C) groups is 1. The Bertz CT molecular complexity index is 238. The van der Waals surface area contributed by atoms with Crippen LogP contribution in [0.25, 0.3) is 0 Å². The molecule has 0 amide bonds. The quantitative estimate of drug-likeness (QED) is 0.550. The fourth-order valence-electron chi connectivity index (χ4n) is 2.04. The number of hydrogen-bond acceptors (Lipinski definition) is 3. The number of rotatable bonds is 7. The normalized spacial score (nSPS) is 25.6. The molecule has 2 atom stereocenters. The highest BCUT2D eigenvalue weighted by molar-refractivity contribution is 5.46. The lowest BCUT2D eigenvalue weighted by molar-refractivity contribution is 0.180. The van der Waals surface area contributed by atoms with Crippen LogP contribution >= 0.6 is 0 Å². The van der Waals surface area contributed by atoms with Crippen LogP contribution in [-0.2, 0) is 4.74 Å². The summed E-state index contributed by atoms with van der Waals surface area (Å²) in [4.78, 5) is 4.31. The molecule has 0 aromatic rings. The second kappa shape index (κ2) is 7.00. The minimum Gasteiger partial charge on any atom is -0.480 e. The number of aliphatic hydroxyl groups excluding tert-OH is 1. The number of aliphatic hydroxyl groups is 1. The second-order valence-electron chi connectivity index (χ2n) is 5.90. The lowest BCUT2D eigenvalue weighted by atomic mass is 9.87. The van der Waals surface area contributed by atoms with E-state index in [-0.39, 0.29) is 6.10 Å². The van der Waals surface area contributed by atoms with E-state index in [2.05, 4.69) is 25.8 Å². The average Bonchev–Trinajstić information content (AvgIpc) is 2.76. The first-order valence-corrected chi connectivity index (χ1v) is 6.82. The predicted molar refractivity (Wildman–Crippen MR) is 71.3 cm³/mol. The number of nitrogens with zero attached hydrogens (tertiary/aromatic N) is 1. The molecule has 1 saturated carbocycles. The van der Waals surface area contributed by atoms with Crippen LogP contribution in [0.4, 0.5) is 0 Å². The summed E-state index contributed by atoms with van der Waals surface area (Å²) in [6, 6.07) is 0. The zero-order valence-corrected chi connectivity index (χ0v) is 11.5. The van der Waals surface area contributed by atoms with Crippen molar-refractivity contribution in [3.63, 3.8) is 0 Å². The molecule has 17 heavy (non-hydrogen) atoms. The van der Waals surface area contributed by atoms with Crippen molar-refractivity contribution >= 4 is 6.40 Å². The molecule has 3 nitrogen and oxygen atoms in total. The molecule has 1 aliphatic rings. The highest BCUT2D eigenvalue weighted by Crippen LogP contribution is 2.27. The summed E-state index contributed by atoms with van der Waals surface area (Å²) < 4.78 is 5.58. The Morgan fingerprint density at radius 2 is 2.18 bits per heavy atom. The summed E-state index contributed by atoms with van der Waals surface area (Å²) in [6.45, 7) is 7.89. The van der Waals surface area contributed by atoms with Gasteiger partial charge in [0.15, 0.2) is 6.40 Å². The zero-order chi connectivity index (χ0) is 12.7. The molecule has 1 fully saturated rings. The molecule has 1 N–H and O–H groups in total. The molecule has 100 valence electrons. The van der Waals surface area contributed by atoms with E-state index in [9.17, 15) is 0 Å². The van der Waals surface area contributed by atoms with Gasteiger partial charge in [-0.05, 0) is 37.0 Å². The largest absolute Gasteiger partial charge is 0.480 e. The van der Waals surface area contributed by atoms with E-state index in [1.54, 1.807) is 6.40 Å². The van der Waals surface area contributed by atoms with Crippen molar-refractivity contribution in [2.75, 3.05) is 13.2 Å². The summed E-state index contributed by atoms with van der Waals surface area (Å²) in [6.07, 6.45) is 7.29. The van der Waals surface area contributed by atoms with Gasteiger partial charge in [-0.25, -0.2) is 0 Å². The Morgan fingerprint density at radius 3 is 2.76 bits per heavy atom. The SMILES string of the molecule is CCC(C)(C)CCN=COC1CCC(CO)C1. The van der Waals surface area contributed by atoms with Gasteiger partial charge in [0, 0.05) is 13.2 Å². The summed E-state index contributed by atoms with van der Waals surface area (Å²) in [5, 5.41) is 9.02. The van der Waals surface area contributed by atoms with Crippen LogP contribution in [0.5, 0.6) is 0 Å². The van der Waals surface area contributed by atoms with Gasteiger partial charge in [0.05, 0.1) is 0 Å². The van der Waals surface area contributed by atoms with Crippen molar-refractivity contribution in [3.8, 4) is 0 Å². The first-order valence-electron chi connectivity index (χ1n) is 6.82. The molecule has 0 bridgehead atoms. The minimum atomic E-state index is 0.273. The van der Waals surface area contributed by atoms with Gasteiger partial charge in [0.2, 0.25) is 0 Å². The molecule has 0 aromatic carbocycles. The van der Waals surface area contributed by atoms with Crippen molar-refractivity contribution in [2.24, 2.45) is 16.3 Å². The third-order valence-electron chi connectivity index (χ3n) is 3.95. The van der Waals surface area contributed by atoms with Crippen molar-refractivity contribution in [1.29, 1.82) is 0 Å². The minimum absolute atomic E-state index is 0.273. The van der Waals surface area contributed by atoms with Gasteiger partial charge in [-0.3, -0.25) is 4.99 Å². The Balaban J connectivity index is 2.10. The monoisotopic (exact) mass is 241 g/mol. The van der Waals surface area contributed by atoms with E-state index in [4.69, 9.17) is 9.84 Å². The lowest BCUT2D eigenvalue weighted by Gasteiger charge is -2.20. The van der Waals surface area contributed by atoms with Crippen molar-refractivity contribution in [3.05, 3.63) is 0 Å². The lowest BCUT2D eigenvalue weighted by Crippen LogP contribution is -2.12. The highest BCUT2D eigenvalue weighted by Gasteiger charge is 2.24. The number of ether oxygens (including phenoxy) is 1. The Hall–Kier alpha value is -0.570. The third kappa shape index (κ3) is 5.53. The van der Waals surface area contributed by atoms with Crippen LogP contribution in [0.2, 0.25) is 0 Å². The fourth-order valence-corrected chi connectivity index (χ4v) is 2.04. The van der Waals surface area contributed by atoms with Crippen molar-refractivity contribution in [2.45, 2.75) is 59.0 Å². The average molecular weight is 241 g/mol. The summed E-state index contributed by atoms with van der Waals surface area (Å²) >= 11 is 0. The van der Waals surface area contributed by atoms with Gasteiger partial charge in [-0.15, -0.1) is 0 Å². The standard InChI is InChI=1S/C14H27NO2/c1-4-14(2,3)7-8-15-11-17-13-6-5-12(9-13)10-16/h11-13,16H,4-10H2,1-3H3. The van der Waals surface area contributed by atoms with Crippen molar-refractivity contribution < 1.29 is 9.84 Å². The number of hydrogen-bond donors (Lipinski definition) is 1. The predicted octanol–water partition coefficient (Wildman–Crippen LogP) is 3.02. The van der Waals surface area contributed by atoms with Crippen LogP contribution in [0.15, 0.2) is 4.99 Å². The van der Waals surface area contributed by atoms with E-state index in [0.717, 1.165) is 32.2 Å². The summed E-state index contributed by atoms with van der Waals surface area (Å²) in [5.74, 6) is 0.437. The first-order chi connectivity index (χ1) is 8.07. The molecule has 0 radical (unpaired) electrons. The molecular formula is C14H27NO2. The van der Waals surface area contributed by atoms with Crippen LogP contribution in [0, 0.1) is 11.3 Å². The van der Waals surface area contributed by atoms with E-state index in [1.165, 1.54) is 6.42 Å². The van der Waals surface area contributed by atoms with E-state index >= 15 is 0 Å². The van der Waals surface area contributed by atoms with Gasteiger partial charge in [0.1, 0.15) is 6.10 Å². The fraction of sp³-hybridized carbons (Fsp3) is 0.929. The Kier molecular flexibility index (Phi) is 5.96. The van der Waals surface area contributed by atoms with Gasteiger partial charge in [0.25, 0.3) is 0 Å². The highest BCUT2D eigenvalue weighted by atomic mass is 16.5. The maximum atomic E-state index is 9.02. The summed E-state index contributed by atoms with van der Waals surface area (Å²) in [7, 11) is 0. The molecule has 0 spiro atoms. The van der Waals surface area contributed by atoms with Crippen LogP contribution < -0.4 is 0 Å². The van der Waals surface area contributed by atoms with E-state index < -0.39 is 0 Å². The molecule has 1 aliphatic carbocycles.